The lowest BCUT2D eigenvalue weighted by molar-refractivity contribution is 0.0257. The summed E-state index contributed by atoms with van der Waals surface area (Å²) >= 11 is -1.05. The van der Waals surface area contributed by atoms with E-state index in [9.17, 15) is 0 Å². The summed E-state index contributed by atoms with van der Waals surface area (Å²) in [7, 11) is 0. The van der Waals surface area contributed by atoms with Gasteiger partial charge >= 0.3 is 14.5 Å². The van der Waals surface area contributed by atoms with Crippen molar-refractivity contribution in [3.05, 3.63) is 0 Å². The zero-order valence-electron chi connectivity index (χ0n) is 13.7. The topological polar surface area (TPSA) is 12.5 Å². The summed E-state index contributed by atoms with van der Waals surface area (Å²) in [5.41, 5.74) is 0. The molecule has 0 saturated heterocycles. The van der Waals surface area contributed by atoms with Gasteiger partial charge in [-0.2, -0.15) is 0 Å². The van der Waals surface area contributed by atoms with Crippen molar-refractivity contribution in [3.8, 4) is 0 Å². The van der Waals surface area contributed by atoms with Crippen LogP contribution in [0.5, 0.6) is 0 Å². The molecule has 0 aliphatic carbocycles. The van der Waals surface area contributed by atoms with Gasteiger partial charge in [-0.25, -0.2) is 0 Å². The first-order valence-electron chi connectivity index (χ1n) is 7.83. The summed E-state index contributed by atoms with van der Waals surface area (Å²) in [4.78, 5) is 2.46. The largest absolute Gasteiger partial charge is 0.487 e. The van der Waals surface area contributed by atoms with Gasteiger partial charge in [0.25, 0.3) is 0 Å². The average molecular weight is 271 g/mol. The summed E-state index contributed by atoms with van der Waals surface area (Å²) in [5.74, 6) is 1.55. The number of nitrogens with zero attached hydrogens (tertiary/aromatic N) is 1. The Hall–Kier alpha value is 0.452. The molecule has 0 saturated carbocycles. The van der Waals surface area contributed by atoms with E-state index in [1.165, 1.54) is 10.6 Å². The maximum Gasteiger partial charge on any atom is 0.462 e. The SMILES string of the molecule is CCC([O][Al]([CH2]C(C)C)[CH2]C(C)C)N(CC)CC. The lowest BCUT2D eigenvalue weighted by Gasteiger charge is -2.33. The summed E-state index contributed by atoms with van der Waals surface area (Å²) in [6, 6.07) is 0. The van der Waals surface area contributed by atoms with Crippen LogP contribution < -0.4 is 0 Å². The highest BCUT2D eigenvalue weighted by Crippen LogP contribution is 2.19. The normalized spacial score (nSPS) is 13.7. The van der Waals surface area contributed by atoms with Crippen LogP contribution in [0.4, 0.5) is 0 Å². The van der Waals surface area contributed by atoms with Gasteiger partial charge in [-0.1, -0.05) is 70.9 Å². The molecule has 0 aromatic rings. The summed E-state index contributed by atoms with van der Waals surface area (Å²) in [6.07, 6.45) is 1.47. The third kappa shape index (κ3) is 7.79. The van der Waals surface area contributed by atoms with Gasteiger partial charge in [0, 0.05) is 0 Å². The lowest BCUT2D eigenvalue weighted by atomic mass is 10.3. The second-order valence-corrected chi connectivity index (χ2v) is 8.56. The molecule has 1 unspecified atom stereocenters. The van der Waals surface area contributed by atoms with E-state index < -0.39 is 14.5 Å². The summed E-state index contributed by atoms with van der Waals surface area (Å²) in [5, 5.41) is 2.63. The predicted molar refractivity (Wildman–Crippen MR) is 83.1 cm³/mol. The van der Waals surface area contributed by atoms with E-state index in [4.69, 9.17) is 3.79 Å². The molecule has 0 radical (unpaired) electrons. The first kappa shape index (κ1) is 18.5. The van der Waals surface area contributed by atoms with Crippen molar-refractivity contribution in [2.75, 3.05) is 13.1 Å². The Kier molecular flexibility index (Phi) is 10.5. The minimum atomic E-state index is -1.05. The van der Waals surface area contributed by atoms with Crippen LogP contribution in [0.25, 0.3) is 0 Å². The maximum absolute atomic E-state index is 6.53. The number of hydrogen-bond donors (Lipinski definition) is 0. The van der Waals surface area contributed by atoms with Gasteiger partial charge in [-0.15, -0.1) is 0 Å². The first-order chi connectivity index (χ1) is 8.44. The van der Waals surface area contributed by atoms with Crippen LogP contribution in [0.15, 0.2) is 0 Å². The van der Waals surface area contributed by atoms with E-state index in [1.807, 2.05) is 0 Å². The Labute approximate surface area is 120 Å². The van der Waals surface area contributed by atoms with Crippen LogP contribution in [0.2, 0.25) is 10.6 Å². The predicted octanol–water partition coefficient (Wildman–Crippen LogP) is 4.38. The highest BCUT2D eigenvalue weighted by Gasteiger charge is 2.27. The van der Waals surface area contributed by atoms with E-state index >= 15 is 0 Å². The van der Waals surface area contributed by atoms with Gasteiger partial charge in [-0.3, -0.25) is 4.90 Å². The van der Waals surface area contributed by atoms with Crippen LogP contribution in [-0.4, -0.2) is 38.7 Å². The molecular formula is C15H34AlNO. The number of hydrogen-bond acceptors (Lipinski definition) is 2. The van der Waals surface area contributed by atoms with E-state index in [0.717, 1.165) is 31.3 Å². The molecule has 0 amide bonds. The van der Waals surface area contributed by atoms with E-state index in [-0.39, 0.29) is 0 Å². The van der Waals surface area contributed by atoms with Crippen molar-refractivity contribution in [1.82, 2.24) is 4.90 Å². The Balaban J connectivity index is 4.49. The lowest BCUT2D eigenvalue weighted by Crippen LogP contribution is -2.41. The van der Waals surface area contributed by atoms with Gasteiger partial charge in [0.2, 0.25) is 0 Å². The van der Waals surface area contributed by atoms with Gasteiger partial charge < -0.3 is 3.79 Å². The van der Waals surface area contributed by atoms with E-state index in [1.54, 1.807) is 0 Å². The first-order valence-corrected chi connectivity index (χ1v) is 9.94. The smallest absolute Gasteiger partial charge is 0.462 e. The molecule has 0 aliphatic rings. The van der Waals surface area contributed by atoms with Crippen molar-refractivity contribution in [2.24, 2.45) is 11.8 Å². The average Bonchev–Trinajstić information content (AvgIpc) is 2.27. The van der Waals surface area contributed by atoms with Crippen molar-refractivity contribution >= 4 is 14.5 Å². The Morgan fingerprint density at radius 2 is 1.33 bits per heavy atom. The van der Waals surface area contributed by atoms with Crippen LogP contribution >= 0.6 is 0 Å². The molecule has 0 aromatic carbocycles. The van der Waals surface area contributed by atoms with Gasteiger partial charge in [-0.05, 0) is 19.5 Å². The molecule has 0 heterocycles. The minimum Gasteiger partial charge on any atom is -0.487 e. The van der Waals surface area contributed by atoms with Gasteiger partial charge in [0.05, 0.1) is 6.23 Å². The Morgan fingerprint density at radius 1 is 0.889 bits per heavy atom. The highest BCUT2D eigenvalue weighted by atomic mass is 27.2. The van der Waals surface area contributed by atoms with E-state index in [2.05, 4.69) is 53.4 Å². The van der Waals surface area contributed by atoms with Crippen molar-refractivity contribution in [2.45, 2.75) is 71.7 Å². The van der Waals surface area contributed by atoms with Gasteiger partial charge in [0.1, 0.15) is 0 Å². The quantitative estimate of drug-likeness (QED) is 0.432. The zero-order valence-corrected chi connectivity index (χ0v) is 14.9. The molecule has 0 N–H and O–H groups in total. The molecular weight excluding hydrogens is 237 g/mol. The minimum absolute atomic E-state index is 0.356. The molecule has 0 spiro atoms. The fraction of sp³-hybridized carbons (Fsp3) is 1.00. The van der Waals surface area contributed by atoms with Crippen molar-refractivity contribution in [1.29, 1.82) is 0 Å². The third-order valence-corrected chi connectivity index (χ3v) is 7.02. The van der Waals surface area contributed by atoms with Crippen molar-refractivity contribution in [3.63, 3.8) is 0 Å². The zero-order chi connectivity index (χ0) is 14.1. The van der Waals surface area contributed by atoms with E-state index in [0.29, 0.717) is 6.23 Å². The molecule has 108 valence electrons. The monoisotopic (exact) mass is 271 g/mol. The fourth-order valence-corrected chi connectivity index (χ4v) is 5.88. The Bertz CT molecular complexity index is 183. The molecule has 0 bridgehead atoms. The Morgan fingerprint density at radius 3 is 1.61 bits per heavy atom. The molecule has 3 heteroatoms. The van der Waals surface area contributed by atoms with Crippen molar-refractivity contribution < 1.29 is 3.79 Å². The van der Waals surface area contributed by atoms with Crippen LogP contribution in [0, 0.1) is 11.8 Å². The molecule has 18 heavy (non-hydrogen) atoms. The summed E-state index contributed by atoms with van der Waals surface area (Å²) < 4.78 is 6.53. The fourth-order valence-electron chi connectivity index (χ4n) is 2.55. The maximum atomic E-state index is 6.53. The molecule has 0 fully saturated rings. The second kappa shape index (κ2) is 10.3. The number of rotatable bonds is 10. The van der Waals surface area contributed by atoms with Crippen LogP contribution in [-0.2, 0) is 3.79 Å². The molecule has 1 atom stereocenters. The molecule has 0 rings (SSSR count). The summed E-state index contributed by atoms with van der Waals surface area (Å²) in [6.45, 7) is 18.2. The molecule has 2 nitrogen and oxygen atoms in total. The highest BCUT2D eigenvalue weighted by molar-refractivity contribution is 6.52. The van der Waals surface area contributed by atoms with Gasteiger partial charge in [0.15, 0.2) is 0 Å². The molecule has 0 aromatic heterocycles. The second-order valence-electron chi connectivity index (χ2n) is 6.10. The van der Waals surface area contributed by atoms with Crippen LogP contribution in [0.3, 0.4) is 0 Å². The van der Waals surface area contributed by atoms with Crippen LogP contribution in [0.1, 0.15) is 54.9 Å². The standard InChI is InChI=1S/C7H16NO.2C4H9.Al/c1-4-7(9)8(5-2)6-3;2*1-4(2)3;/h7H,4-6H2,1-3H3;2*4H,1H2,2-3H3;/q-1;;;+1. The third-order valence-electron chi connectivity index (χ3n) is 3.39. The molecule has 0 aliphatic heterocycles.